The minimum Gasteiger partial charge on any atom is -0.480 e. The number of likely N-dealkylation sites (tertiary alicyclic amines) is 1. The number of carboxylic acids is 1. The average molecular weight is 321 g/mol. The molecule has 2 heterocycles. The monoisotopic (exact) mass is 321 g/mol. The Balaban J connectivity index is 2.04. The van der Waals surface area contributed by atoms with Crippen LogP contribution in [-0.4, -0.2) is 63.4 Å². The lowest BCUT2D eigenvalue weighted by atomic mass is 10.1. The van der Waals surface area contributed by atoms with Gasteiger partial charge in [-0.3, -0.25) is 14.4 Å². The lowest BCUT2D eigenvalue weighted by Gasteiger charge is -2.28. The van der Waals surface area contributed by atoms with Crippen LogP contribution in [0.2, 0.25) is 0 Å². The number of carboxylic acid groups (broad SMARTS) is 1. The first-order valence-electron chi connectivity index (χ1n) is 7.81. The zero-order valence-electron chi connectivity index (χ0n) is 13.5. The van der Waals surface area contributed by atoms with Crippen molar-refractivity contribution in [2.24, 2.45) is 0 Å². The minimum atomic E-state index is -1.01. The molecule has 1 fully saturated rings. The minimum absolute atomic E-state index is 0.0167. The number of hydrogen-bond acceptors (Lipinski definition) is 3. The number of aryl methyl sites for hydroxylation is 1. The normalized spacial score (nSPS) is 18.3. The van der Waals surface area contributed by atoms with E-state index in [1.54, 1.807) is 17.3 Å². The van der Waals surface area contributed by atoms with E-state index in [0.29, 0.717) is 31.5 Å². The van der Waals surface area contributed by atoms with Gasteiger partial charge in [-0.1, -0.05) is 0 Å². The summed E-state index contributed by atoms with van der Waals surface area (Å²) < 4.78 is 0. The lowest BCUT2D eigenvalue weighted by molar-refractivity contribution is -0.145. The zero-order chi connectivity index (χ0) is 17.0. The molecule has 0 spiro atoms. The van der Waals surface area contributed by atoms with Crippen LogP contribution in [0.25, 0.3) is 0 Å². The van der Waals surface area contributed by atoms with Crippen molar-refractivity contribution >= 4 is 17.8 Å². The molecule has 1 aromatic rings. The highest BCUT2D eigenvalue weighted by molar-refractivity contribution is 5.95. The number of nitrogens with one attached hydrogen (secondary N) is 1. The molecule has 0 aromatic carbocycles. The molecule has 7 heteroatoms. The van der Waals surface area contributed by atoms with Crippen LogP contribution in [0.4, 0.5) is 0 Å². The lowest BCUT2D eigenvalue weighted by Crippen LogP contribution is -2.43. The summed E-state index contributed by atoms with van der Waals surface area (Å²) in [7, 11) is 0. The quantitative estimate of drug-likeness (QED) is 0.873. The van der Waals surface area contributed by atoms with Crippen molar-refractivity contribution in [3.05, 3.63) is 23.5 Å². The summed E-state index contributed by atoms with van der Waals surface area (Å²) in [6.45, 7) is 4.13. The van der Waals surface area contributed by atoms with Gasteiger partial charge in [0.05, 0.1) is 5.56 Å². The maximum atomic E-state index is 12.6. The molecule has 1 unspecified atom stereocenters. The van der Waals surface area contributed by atoms with E-state index in [9.17, 15) is 14.4 Å². The van der Waals surface area contributed by atoms with Crippen LogP contribution in [0.5, 0.6) is 0 Å². The molecule has 2 N–H and O–H groups in total. The summed E-state index contributed by atoms with van der Waals surface area (Å²) in [5.41, 5.74) is 1.57. The van der Waals surface area contributed by atoms with Crippen LogP contribution in [0.1, 0.15) is 42.1 Å². The Hall–Kier alpha value is -2.31. The van der Waals surface area contributed by atoms with E-state index in [4.69, 9.17) is 5.11 Å². The molecule has 0 aliphatic carbocycles. The van der Waals surface area contributed by atoms with E-state index in [1.807, 2.05) is 6.92 Å². The Morgan fingerprint density at radius 3 is 2.61 bits per heavy atom. The van der Waals surface area contributed by atoms with Crippen LogP contribution in [0.15, 0.2) is 12.4 Å². The van der Waals surface area contributed by atoms with Gasteiger partial charge in [-0.15, -0.1) is 0 Å². The second-order valence-corrected chi connectivity index (χ2v) is 5.97. The number of hydrogen-bond donors (Lipinski definition) is 2. The number of carbonyl (C=O) groups is 3. The standard InChI is InChI=1S/C16H23N3O4/c1-11-8-17-9-14(11)16(23)18-6-3-4-13(5-7-18)19(12(2)20)10-15(21)22/h8-9,13,17H,3-7,10H2,1-2H3,(H,21,22). The molecule has 2 rings (SSSR count). The second-order valence-electron chi connectivity index (χ2n) is 5.97. The molecule has 7 nitrogen and oxygen atoms in total. The summed E-state index contributed by atoms with van der Waals surface area (Å²) in [6.07, 6.45) is 5.55. The van der Waals surface area contributed by atoms with E-state index >= 15 is 0 Å². The number of rotatable bonds is 4. The third-order valence-corrected chi connectivity index (χ3v) is 4.32. The molecule has 2 amide bonds. The Kier molecular flexibility index (Phi) is 5.41. The Bertz CT molecular complexity index is 596. The molecule has 1 aliphatic heterocycles. The van der Waals surface area contributed by atoms with Gasteiger partial charge in [0.25, 0.3) is 5.91 Å². The van der Waals surface area contributed by atoms with Crippen LogP contribution in [0.3, 0.4) is 0 Å². The first kappa shape index (κ1) is 17.1. The molecule has 0 saturated carbocycles. The molecule has 1 saturated heterocycles. The van der Waals surface area contributed by atoms with Gasteiger partial charge in [-0.05, 0) is 31.7 Å². The van der Waals surface area contributed by atoms with Crippen LogP contribution in [-0.2, 0) is 9.59 Å². The van der Waals surface area contributed by atoms with Gasteiger partial charge in [0, 0.05) is 38.4 Å². The van der Waals surface area contributed by atoms with Crippen molar-refractivity contribution in [1.82, 2.24) is 14.8 Å². The summed E-state index contributed by atoms with van der Waals surface area (Å²) in [5, 5.41) is 8.97. The first-order valence-corrected chi connectivity index (χ1v) is 7.81. The Labute approximate surface area is 135 Å². The number of H-pyrrole nitrogens is 1. The first-order chi connectivity index (χ1) is 10.9. The Morgan fingerprint density at radius 2 is 2.04 bits per heavy atom. The summed E-state index contributed by atoms with van der Waals surface area (Å²) in [6, 6.07) is -0.131. The van der Waals surface area contributed by atoms with Gasteiger partial charge in [0.1, 0.15) is 6.54 Å². The van der Waals surface area contributed by atoms with E-state index < -0.39 is 5.97 Å². The smallest absolute Gasteiger partial charge is 0.323 e. The predicted molar refractivity (Wildman–Crippen MR) is 84.1 cm³/mol. The molecule has 1 aliphatic rings. The largest absolute Gasteiger partial charge is 0.480 e. The number of nitrogens with zero attached hydrogens (tertiary/aromatic N) is 2. The highest BCUT2D eigenvalue weighted by atomic mass is 16.4. The number of aliphatic carboxylic acids is 1. The van der Waals surface area contributed by atoms with E-state index in [2.05, 4.69) is 4.98 Å². The van der Waals surface area contributed by atoms with Crippen LogP contribution < -0.4 is 0 Å². The second kappa shape index (κ2) is 7.30. The predicted octanol–water partition coefficient (Wildman–Crippen LogP) is 1.25. The van der Waals surface area contributed by atoms with Crippen molar-refractivity contribution in [1.29, 1.82) is 0 Å². The fourth-order valence-corrected chi connectivity index (χ4v) is 3.08. The van der Waals surface area contributed by atoms with Gasteiger partial charge < -0.3 is 19.9 Å². The molecular weight excluding hydrogens is 298 g/mol. The summed E-state index contributed by atoms with van der Waals surface area (Å²) in [5.74, 6) is -1.27. The summed E-state index contributed by atoms with van der Waals surface area (Å²) >= 11 is 0. The maximum Gasteiger partial charge on any atom is 0.323 e. The van der Waals surface area contributed by atoms with Gasteiger partial charge in [0.15, 0.2) is 0 Å². The van der Waals surface area contributed by atoms with Crippen molar-refractivity contribution in [3.8, 4) is 0 Å². The van der Waals surface area contributed by atoms with Gasteiger partial charge in [0.2, 0.25) is 5.91 Å². The number of amides is 2. The topological polar surface area (TPSA) is 93.7 Å². The molecule has 23 heavy (non-hydrogen) atoms. The zero-order valence-corrected chi connectivity index (χ0v) is 13.5. The van der Waals surface area contributed by atoms with E-state index in [1.165, 1.54) is 11.8 Å². The summed E-state index contributed by atoms with van der Waals surface area (Å²) in [4.78, 5) is 41.3. The average Bonchev–Trinajstić information content (AvgIpc) is 2.77. The fraction of sp³-hybridized carbons (Fsp3) is 0.562. The maximum absolute atomic E-state index is 12.6. The molecule has 0 bridgehead atoms. The van der Waals surface area contributed by atoms with E-state index in [0.717, 1.165) is 12.0 Å². The third kappa shape index (κ3) is 4.12. The van der Waals surface area contributed by atoms with Crippen molar-refractivity contribution in [2.75, 3.05) is 19.6 Å². The SMILES string of the molecule is CC(=O)N(CC(=O)O)C1CCCN(C(=O)c2c[nH]cc2C)CC1. The number of aromatic amines is 1. The Morgan fingerprint density at radius 1 is 1.30 bits per heavy atom. The highest BCUT2D eigenvalue weighted by Gasteiger charge is 2.28. The third-order valence-electron chi connectivity index (χ3n) is 4.32. The van der Waals surface area contributed by atoms with Gasteiger partial charge in [-0.25, -0.2) is 0 Å². The van der Waals surface area contributed by atoms with Crippen molar-refractivity contribution in [2.45, 2.75) is 39.2 Å². The van der Waals surface area contributed by atoms with Crippen LogP contribution in [0, 0.1) is 6.92 Å². The van der Waals surface area contributed by atoms with E-state index in [-0.39, 0.29) is 24.4 Å². The van der Waals surface area contributed by atoms with Gasteiger partial charge in [-0.2, -0.15) is 0 Å². The molecule has 0 radical (unpaired) electrons. The number of aromatic nitrogens is 1. The molecule has 1 atom stereocenters. The van der Waals surface area contributed by atoms with Crippen molar-refractivity contribution < 1.29 is 19.5 Å². The highest BCUT2D eigenvalue weighted by Crippen LogP contribution is 2.19. The number of carbonyl (C=O) groups excluding carboxylic acids is 2. The molecular formula is C16H23N3O4. The van der Waals surface area contributed by atoms with Crippen molar-refractivity contribution in [3.63, 3.8) is 0 Å². The van der Waals surface area contributed by atoms with Crippen LogP contribution >= 0.6 is 0 Å². The van der Waals surface area contributed by atoms with Gasteiger partial charge >= 0.3 is 5.97 Å². The molecule has 1 aromatic heterocycles. The molecule has 126 valence electrons. The fourth-order valence-electron chi connectivity index (χ4n) is 3.08.